The van der Waals surface area contributed by atoms with Crippen LogP contribution in [-0.4, -0.2) is 19.5 Å². The van der Waals surface area contributed by atoms with Gasteiger partial charge in [0.2, 0.25) is 0 Å². The van der Waals surface area contributed by atoms with Gasteiger partial charge in [-0.05, 0) is 62.4 Å². The van der Waals surface area contributed by atoms with Crippen molar-refractivity contribution in [2.45, 2.75) is 32.6 Å². The summed E-state index contributed by atoms with van der Waals surface area (Å²) in [4.78, 5) is 36.5. The number of aryl methyl sites for hydroxylation is 3. The minimum atomic E-state index is -0.468. The number of nitrogens with zero attached hydrogens (tertiary/aromatic N) is 4. The zero-order valence-electron chi connectivity index (χ0n) is 18.9. The molecule has 0 fully saturated rings. The molecule has 1 aliphatic rings. The summed E-state index contributed by atoms with van der Waals surface area (Å²) in [5.41, 5.74) is 2.77. The zero-order chi connectivity index (χ0) is 24.1. The number of benzene rings is 2. The van der Waals surface area contributed by atoms with Crippen LogP contribution < -0.4 is 10.3 Å². The van der Waals surface area contributed by atoms with E-state index in [2.05, 4.69) is 0 Å². The minimum absolute atomic E-state index is 0.0439. The molecular formula is C26H20N4O4S. The summed E-state index contributed by atoms with van der Waals surface area (Å²) in [5.74, 6) is 0.348. The Morgan fingerprint density at radius 2 is 1.74 bits per heavy atom. The summed E-state index contributed by atoms with van der Waals surface area (Å²) in [6.45, 7) is 1.84. The fourth-order valence-electron chi connectivity index (χ4n) is 4.71. The van der Waals surface area contributed by atoms with Crippen LogP contribution in [0, 0.1) is 17.0 Å². The van der Waals surface area contributed by atoms with Gasteiger partial charge in [0.15, 0.2) is 0 Å². The molecule has 174 valence electrons. The number of ether oxygens (including phenoxy) is 1. The molecule has 0 aliphatic heterocycles. The van der Waals surface area contributed by atoms with Crippen molar-refractivity contribution in [1.82, 2.24) is 14.5 Å². The molecule has 1 aliphatic carbocycles. The predicted molar refractivity (Wildman–Crippen MR) is 135 cm³/mol. The van der Waals surface area contributed by atoms with Crippen LogP contribution in [0.5, 0.6) is 11.8 Å². The molecule has 2 aromatic carbocycles. The normalized spacial score (nSPS) is 13.2. The fourth-order valence-corrected chi connectivity index (χ4v) is 6.02. The second kappa shape index (κ2) is 8.28. The molecule has 0 unspecified atom stereocenters. The molecular weight excluding hydrogens is 464 g/mol. The number of para-hydroxylation sites is 1. The number of nitro groups is 1. The fraction of sp³-hybridized carbons (Fsp3) is 0.192. The SMILES string of the molecule is Cc1nc2sc3c(c2c2nc(Oc4ccc([N+](=O)[O-])cc4)n(-c4ccccc4)c(=O)c12)CCCC3. The number of rotatable bonds is 4. The maximum absolute atomic E-state index is 14.0. The number of non-ortho nitro benzene ring substituents is 1. The summed E-state index contributed by atoms with van der Waals surface area (Å²) in [7, 11) is 0. The van der Waals surface area contributed by atoms with Crippen LogP contribution in [0.15, 0.2) is 59.4 Å². The molecule has 3 heterocycles. The van der Waals surface area contributed by atoms with Crippen molar-refractivity contribution in [3.8, 4) is 17.4 Å². The highest BCUT2D eigenvalue weighted by atomic mass is 32.1. The van der Waals surface area contributed by atoms with Gasteiger partial charge in [0.05, 0.1) is 27.2 Å². The molecule has 9 heteroatoms. The van der Waals surface area contributed by atoms with Gasteiger partial charge in [-0.15, -0.1) is 11.3 Å². The van der Waals surface area contributed by atoms with E-state index in [0.717, 1.165) is 35.9 Å². The third-order valence-electron chi connectivity index (χ3n) is 6.34. The Morgan fingerprint density at radius 3 is 2.49 bits per heavy atom. The molecule has 0 radical (unpaired) electrons. The zero-order valence-corrected chi connectivity index (χ0v) is 19.7. The van der Waals surface area contributed by atoms with E-state index in [1.54, 1.807) is 11.3 Å². The summed E-state index contributed by atoms with van der Waals surface area (Å²) in [5, 5.41) is 12.5. The third kappa shape index (κ3) is 3.55. The van der Waals surface area contributed by atoms with Gasteiger partial charge < -0.3 is 4.74 Å². The van der Waals surface area contributed by atoms with Crippen LogP contribution in [0.3, 0.4) is 0 Å². The van der Waals surface area contributed by atoms with E-state index in [9.17, 15) is 14.9 Å². The standard InChI is InChI=1S/C26H20N4O4S/c1-15-21-23(22-19-9-5-6-10-20(19)35-24(22)27-15)28-26(29(25(21)31)16-7-3-2-4-8-16)34-18-13-11-17(12-14-18)30(32)33/h2-4,7-8,11-14H,5-6,9-10H2,1H3. The number of aromatic nitrogens is 3. The highest BCUT2D eigenvalue weighted by molar-refractivity contribution is 7.19. The van der Waals surface area contributed by atoms with Crippen molar-refractivity contribution in [3.05, 3.63) is 91.2 Å². The Labute approximate surface area is 203 Å². The van der Waals surface area contributed by atoms with Crippen molar-refractivity contribution in [2.75, 3.05) is 0 Å². The van der Waals surface area contributed by atoms with E-state index in [4.69, 9.17) is 14.7 Å². The number of pyridine rings is 1. The first kappa shape index (κ1) is 21.4. The van der Waals surface area contributed by atoms with Crippen LogP contribution in [0.25, 0.3) is 26.8 Å². The Bertz CT molecular complexity index is 1670. The molecule has 3 aromatic heterocycles. The van der Waals surface area contributed by atoms with Gasteiger partial charge in [-0.3, -0.25) is 14.9 Å². The lowest BCUT2D eigenvalue weighted by Gasteiger charge is -2.16. The Hall–Kier alpha value is -4.11. The lowest BCUT2D eigenvalue weighted by molar-refractivity contribution is -0.384. The topological polar surface area (TPSA) is 100 Å². The van der Waals surface area contributed by atoms with Gasteiger partial charge >= 0.3 is 6.01 Å². The van der Waals surface area contributed by atoms with Crippen molar-refractivity contribution in [2.24, 2.45) is 0 Å². The van der Waals surface area contributed by atoms with Crippen LogP contribution >= 0.6 is 11.3 Å². The molecule has 0 atom stereocenters. The number of thiophene rings is 1. The predicted octanol–water partition coefficient (Wildman–Crippen LogP) is 5.88. The summed E-state index contributed by atoms with van der Waals surface area (Å²) in [6, 6.07) is 15.0. The smallest absolute Gasteiger partial charge is 0.310 e. The van der Waals surface area contributed by atoms with Gasteiger partial charge in [-0.1, -0.05) is 18.2 Å². The van der Waals surface area contributed by atoms with Gasteiger partial charge in [-0.2, -0.15) is 4.98 Å². The molecule has 0 spiro atoms. The molecule has 0 saturated carbocycles. The Balaban J connectivity index is 1.65. The van der Waals surface area contributed by atoms with Crippen molar-refractivity contribution in [3.63, 3.8) is 0 Å². The van der Waals surface area contributed by atoms with E-state index >= 15 is 0 Å². The molecule has 8 nitrogen and oxygen atoms in total. The lowest BCUT2D eigenvalue weighted by atomic mass is 9.96. The Morgan fingerprint density at radius 1 is 1.00 bits per heavy atom. The lowest BCUT2D eigenvalue weighted by Crippen LogP contribution is -2.22. The molecule has 5 aromatic rings. The maximum atomic E-state index is 14.0. The molecule has 0 N–H and O–H groups in total. The van der Waals surface area contributed by atoms with Crippen LogP contribution in [0.2, 0.25) is 0 Å². The molecule has 0 saturated heterocycles. The molecule has 35 heavy (non-hydrogen) atoms. The highest BCUT2D eigenvalue weighted by Gasteiger charge is 2.24. The first-order valence-corrected chi connectivity index (χ1v) is 12.2. The van der Waals surface area contributed by atoms with Crippen molar-refractivity contribution >= 4 is 38.1 Å². The van der Waals surface area contributed by atoms with E-state index < -0.39 is 4.92 Å². The van der Waals surface area contributed by atoms with Crippen molar-refractivity contribution in [1.29, 1.82) is 0 Å². The molecule has 0 bridgehead atoms. The Kier molecular flexibility index (Phi) is 5.07. The summed E-state index contributed by atoms with van der Waals surface area (Å²) >= 11 is 1.68. The average molecular weight is 485 g/mol. The maximum Gasteiger partial charge on any atom is 0.310 e. The van der Waals surface area contributed by atoms with Crippen molar-refractivity contribution < 1.29 is 9.66 Å². The number of nitro benzene ring substituents is 1. The first-order chi connectivity index (χ1) is 17.0. The van der Waals surface area contributed by atoms with Crippen LogP contribution in [-0.2, 0) is 12.8 Å². The van der Waals surface area contributed by atoms with E-state index in [1.165, 1.54) is 39.3 Å². The second-order valence-corrected chi connectivity index (χ2v) is 9.62. The van der Waals surface area contributed by atoms with Gasteiger partial charge in [0.1, 0.15) is 10.6 Å². The molecule has 0 amide bonds. The average Bonchev–Trinajstić information content (AvgIpc) is 3.23. The second-order valence-electron chi connectivity index (χ2n) is 8.54. The monoisotopic (exact) mass is 484 g/mol. The highest BCUT2D eigenvalue weighted by Crippen LogP contribution is 2.39. The minimum Gasteiger partial charge on any atom is -0.425 e. The van der Waals surface area contributed by atoms with Crippen LogP contribution in [0.1, 0.15) is 29.0 Å². The first-order valence-electron chi connectivity index (χ1n) is 11.4. The van der Waals surface area contributed by atoms with Gasteiger partial charge in [0.25, 0.3) is 11.2 Å². The third-order valence-corrected chi connectivity index (χ3v) is 7.53. The van der Waals surface area contributed by atoms with Gasteiger partial charge in [-0.25, -0.2) is 9.55 Å². The van der Waals surface area contributed by atoms with E-state index in [-0.39, 0.29) is 17.3 Å². The largest absolute Gasteiger partial charge is 0.425 e. The van der Waals surface area contributed by atoms with Gasteiger partial charge in [0, 0.05) is 22.4 Å². The number of hydrogen-bond donors (Lipinski definition) is 0. The van der Waals surface area contributed by atoms with E-state index in [0.29, 0.717) is 28.0 Å². The quantitative estimate of drug-likeness (QED) is 0.233. The number of hydrogen-bond acceptors (Lipinski definition) is 7. The van der Waals surface area contributed by atoms with E-state index in [1.807, 2.05) is 37.3 Å². The molecule has 6 rings (SSSR count). The van der Waals surface area contributed by atoms with Crippen LogP contribution in [0.4, 0.5) is 5.69 Å². The number of fused-ring (bicyclic) bond motifs is 5. The summed E-state index contributed by atoms with van der Waals surface area (Å²) < 4.78 is 7.54. The summed E-state index contributed by atoms with van der Waals surface area (Å²) in [6.07, 6.45) is 4.21.